The van der Waals surface area contributed by atoms with Gasteiger partial charge in [0.1, 0.15) is 0 Å². The van der Waals surface area contributed by atoms with Gasteiger partial charge in [-0.2, -0.15) is 0 Å². The molecule has 0 aliphatic carbocycles. The predicted octanol–water partition coefficient (Wildman–Crippen LogP) is 1.25. The van der Waals surface area contributed by atoms with E-state index in [-0.39, 0.29) is 28.7 Å². The van der Waals surface area contributed by atoms with E-state index in [9.17, 15) is 13.2 Å². The lowest BCUT2D eigenvalue weighted by Gasteiger charge is -2.29. The highest BCUT2D eigenvalue weighted by molar-refractivity contribution is 8.00. The van der Waals surface area contributed by atoms with E-state index in [1.54, 1.807) is 4.90 Å². The van der Waals surface area contributed by atoms with Gasteiger partial charge >= 0.3 is 0 Å². The molecule has 0 spiro atoms. The van der Waals surface area contributed by atoms with Crippen molar-refractivity contribution >= 4 is 33.2 Å². The van der Waals surface area contributed by atoms with Crippen molar-refractivity contribution < 1.29 is 13.2 Å². The number of fused-ring (bicyclic) bond motifs is 1. The van der Waals surface area contributed by atoms with Gasteiger partial charge in [0.2, 0.25) is 5.91 Å². The molecule has 1 fully saturated rings. The summed E-state index contributed by atoms with van der Waals surface area (Å²) in [6, 6.07) is 5.40. The Morgan fingerprint density at radius 2 is 2.25 bits per heavy atom. The van der Waals surface area contributed by atoms with Gasteiger partial charge in [0.25, 0.3) is 0 Å². The highest BCUT2D eigenvalue weighted by Gasteiger charge is 2.35. The van der Waals surface area contributed by atoms with Crippen molar-refractivity contribution in [2.45, 2.75) is 36.7 Å². The molecule has 130 valence electrons. The van der Waals surface area contributed by atoms with Crippen LogP contribution in [0.3, 0.4) is 0 Å². The van der Waals surface area contributed by atoms with Crippen LogP contribution in [0.15, 0.2) is 29.6 Å². The number of amides is 1. The fraction of sp³-hybridized carbons (Fsp3) is 0.533. The van der Waals surface area contributed by atoms with Crippen LogP contribution in [0.4, 0.5) is 0 Å². The molecule has 0 saturated carbocycles. The standard InChI is InChI=1S/C15H20N4O3S2/c1-3-18(12-7-9-24(21,22)10-12)14(20)11(2)23-15-17-16-13-6-4-5-8-19(13)15/h4-6,8,11-12H,3,7,9-10H2,1-2H3/t11-,12-/m0/s1. The number of thioether (sulfide) groups is 1. The lowest BCUT2D eigenvalue weighted by atomic mass is 10.2. The average molecular weight is 368 g/mol. The van der Waals surface area contributed by atoms with Gasteiger partial charge in [-0.15, -0.1) is 10.2 Å². The minimum absolute atomic E-state index is 0.0581. The maximum atomic E-state index is 12.8. The van der Waals surface area contributed by atoms with Crippen LogP contribution >= 0.6 is 11.8 Å². The third kappa shape index (κ3) is 3.41. The number of carbonyl (C=O) groups is 1. The van der Waals surface area contributed by atoms with E-state index >= 15 is 0 Å². The first-order valence-electron chi connectivity index (χ1n) is 7.88. The zero-order valence-corrected chi connectivity index (χ0v) is 15.3. The van der Waals surface area contributed by atoms with Gasteiger partial charge in [0.05, 0.1) is 16.8 Å². The average Bonchev–Trinajstić information content (AvgIpc) is 3.12. The second-order valence-electron chi connectivity index (χ2n) is 5.85. The van der Waals surface area contributed by atoms with Gasteiger partial charge in [0.15, 0.2) is 20.6 Å². The molecule has 0 N–H and O–H groups in total. The molecule has 0 unspecified atom stereocenters. The largest absolute Gasteiger partial charge is 0.338 e. The van der Waals surface area contributed by atoms with Crippen molar-refractivity contribution in [3.05, 3.63) is 24.4 Å². The summed E-state index contributed by atoms with van der Waals surface area (Å²) in [5.41, 5.74) is 0.730. The van der Waals surface area contributed by atoms with Crippen molar-refractivity contribution in [2.24, 2.45) is 0 Å². The first kappa shape index (κ1) is 17.2. The van der Waals surface area contributed by atoms with Crippen molar-refractivity contribution in [1.29, 1.82) is 0 Å². The second kappa shape index (κ2) is 6.72. The fourth-order valence-corrected chi connectivity index (χ4v) is 5.60. The summed E-state index contributed by atoms with van der Waals surface area (Å²) >= 11 is 1.34. The predicted molar refractivity (Wildman–Crippen MR) is 92.8 cm³/mol. The summed E-state index contributed by atoms with van der Waals surface area (Å²) in [6.45, 7) is 4.21. The number of nitrogens with zero attached hydrogens (tertiary/aromatic N) is 4. The Kier molecular flexibility index (Phi) is 4.82. The topological polar surface area (TPSA) is 84.6 Å². The van der Waals surface area contributed by atoms with Gasteiger partial charge in [-0.05, 0) is 32.4 Å². The lowest BCUT2D eigenvalue weighted by molar-refractivity contribution is -0.131. The number of sulfone groups is 1. The van der Waals surface area contributed by atoms with E-state index in [0.29, 0.717) is 18.1 Å². The molecule has 3 heterocycles. The van der Waals surface area contributed by atoms with Crippen LogP contribution in [-0.2, 0) is 14.6 Å². The quantitative estimate of drug-likeness (QED) is 0.739. The molecule has 3 rings (SSSR count). The summed E-state index contributed by atoms with van der Waals surface area (Å²) in [4.78, 5) is 14.5. The summed E-state index contributed by atoms with van der Waals surface area (Å²) in [5, 5.41) is 8.51. The van der Waals surface area contributed by atoms with E-state index in [1.807, 2.05) is 42.6 Å². The first-order chi connectivity index (χ1) is 11.4. The summed E-state index contributed by atoms with van der Waals surface area (Å²) in [6.07, 6.45) is 2.38. The number of pyridine rings is 1. The van der Waals surface area contributed by atoms with E-state index in [1.165, 1.54) is 11.8 Å². The van der Waals surface area contributed by atoms with Crippen LogP contribution in [0.5, 0.6) is 0 Å². The Hall–Kier alpha value is -1.61. The van der Waals surface area contributed by atoms with E-state index in [2.05, 4.69) is 10.2 Å². The van der Waals surface area contributed by atoms with Gasteiger partial charge in [-0.3, -0.25) is 9.20 Å². The molecule has 1 aliphatic rings. The molecule has 2 atom stereocenters. The monoisotopic (exact) mass is 368 g/mol. The van der Waals surface area contributed by atoms with Gasteiger partial charge in [-0.1, -0.05) is 17.8 Å². The fourth-order valence-electron chi connectivity index (χ4n) is 2.96. The number of rotatable bonds is 5. The van der Waals surface area contributed by atoms with E-state index < -0.39 is 9.84 Å². The summed E-state index contributed by atoms with van der Waals surface area (Å²) in [5.74, 6) is 0.174. The van der Waals surface area contributed by atoms with Crippen LogP contribution in [0.2, 0.25) is 0 Å². The zero-order valence-electron chi connectivity index (χ0n) is 13.6. The molecule has 2 aromatic heterocycles. The molecule has 1 amide bonds. The van der Waals surface area contributed by atoms with Crippen LogP contribution in [0, 0.1) is 0 Å². The minimum atomic E-state index is -3.02. The highest BCUT2D eigenvalue weighted by atomic mass is 32.2. The van der Waals surface area contributed by atoms with E-state index in [4.69, 9.17) is 0 Å². The maximum absolute atomic E-state index is 12.8. The molecule has 2 aromatic rings. The Morgan fingerprint density at radius 1 is 1.46 bits per heavy atom. The zero-order chi connectivity index (χ0) is 17.3. The maximum Gasteiger partial charge on any atom is 0.236 e. The SMILES string of the molecule is CCN(C(=O)[C@H](C)Sc1nnc2ccccn12)[C@H]1CCS(=O)(=O)C1. The van der Waals surface area contributed by atoms with Crippen LogP contribution in [-0.4, -0.2) is 63.2 Å². The van der Waals surface area contributed by atoms with Crippen LogP contribution < -0.4 is 0 Å². The highest BCUT2D eigenvalue weighted by Crippen LogP contribution is 2.26. The third-order valence-electron chi connectivity index (χ3n) is 4.19. The van der Waals surface area contributed by atoms with Gasteiger partial charge in [0, 0.05) is 18.8 Å². The Morgan fingerprint density at radius 3 is 2.92 bits per heavy atom. The van der Waals surface area contributed by atoms with Gasteiger partial charge < -0.3 is 4.90 Å². The van der Waals surface area contributed by atoms with Gasteiger partial charge in [-0.25, -0.2) is 8.42 Å². The Bertz CT molecular complexity index is 849. The summed E-state index contributed by atoms with van der Waals surface area (Å²) in [7, 11) is -3.02. The first-order valence-corrected chi connectivity index (χ1v) is 10.6. The van der Waals surface area contributed by atoms with Crippen LogP contribution in [0.1, 0.15) is 20.3 Å². The summed E-state index contributed by atoms with van der Waals surface area (Å²) < 4.78 is 25.2. The number of hydrogen-bond donors (Lipinski definition) is 0. The molecule has 1 saturated heterocycles. The second-order valence-corrected chi connectivity index (χ2v) is 9.39. The molecule has 7 nitrogen and oxygen atoms in total. The van der Waals surface area contributed by atoms with Crippen molar-refractivity contribution in [2.75, 3.05) is 18.1 Å². The molecule has 0 radical (unpaired) electrons. The number of aromatic nitrogens is 3. The molecule has 0 aromatic carbocycles. The minimum Gasteiger partial charge on any atom is -0.338 e. The molecule has 24 heavy (non-hydrogen) atoms. The van der Waals surface area contributed by atoms with Crippen molar-refractivity contribution in [3.8, 4) is 0 Å². The van der Waals surface area contributed by atoms with Crippen molar-refractivity contribution in [3.63, 3.8) is 0 Å². The smallest absolute Gasteiger partial charge is 0.236 e. The number of hydrogen-bond acceptors (Lipinski definition) is 6. The molecular formula is C15H20N4O3S2. The normalized spacial score (nSPS) is 21.0. The lowest BCUT2D eigenvalue weighted by Crippen LogP contribution is -2.44. The number of carbonyl (C=O) groups excluding carboxylic acids is 1. The van der Waals surface area contributed by atoms with Crippen molar-refractivity contribution in [1.82, 2.24) is 19.5 Å². The molecular weight excluding hydrogens is 348 g/mol. The Balaban J connectivity index is 1.73. The molecule has 1 aliphatic heterocycles. The Labute approximate surface area is 145 Å². The van der Waals surface area contributed by atoms with E-state index in [0.717, 1.165) is 5.65 Å². The molecule has 9 heteroatoms. The van der Waals surface area contributed by atoms with Crippen LogP contribution in [0.25, 0.3) is 5.65 Å². The third-order valence-corrected chi connectivity index (χ3v) is 6.98. The molecule has 0 bridgehead atoms.